The second kappa shape index (κ2) is 10.7. The molecule has 1 fully saturated rings. The van der Waals surface area contributed by atoms with Crippen molar-refractivity contribution in [2.75, 3.05) is 44.6 Å². The number of likely N-dealkylation sites (tertiary alicyclic amines) is 1. The minimum atomic E-state index is -0.912. The van der Waals surface area contributed by atoms with E-state index in [0.717, 1.165) is 0 Å². The molecule has 0 aliphatic carbocycles. The number of primary amides is 1. The predicted octanol–water partition coefficient (Wildman–Crippen LogP) is 0.0929. The summed E-state index contributed by atoms with van der Waals surface area (Å²) in [5, 5.41) is 5.47. The van der Waals surface area contributed by atoms with Crippen molar-refractivity contribution in [3.8, 4) is 5.75 Å². The van der Waals surface area contributed by atoms with E-state index in [2.05, 4.69) is 10.6 Å². The summed E-state index contributed by atoms with van der Waals surface area (Å²) < 4.78 is 5.13. The molecule has 164 valence electrons. The molecule has 1 aliphatic rings. The number of thioether (sulfide) groups is 1. The van der Waals surface area contributed by atoms with Crippen LogP contribution in [0.2, 0.25) is 0 Å². The van der Waals surface area contributed by atoms with Crippen molar-refractivity contribution in [1.82, 2.24) is 15.1 Å². The minimum absolute atomic E-state index is 0.203. The Balaban J connectivity index is 2.14. The van der Waals surface area contributed by atoms with Crippen molar-refractivity contribution < 1.29 is 23.9 Å². The molecule has 0 unspecified atom stereocenters. The SMILES string of the molecule is COc1cccc(NC(=O)N[C@H]2CCN(C(=O)CSC)[C@H]2C(=O)N(C)CC(N)=O)c1. The van der Waals surface area contributed by atoms with Crippen LogP contribution in [0.1, 0.15) is 6.42 Å². The Morgan fingerprint density at radius 2 is 2.07 bits per heavy atom. The summed E-state index contributed by atoms with van der Waals surface area (Å²) in [6.45, 7) is 0.0485. The molecule has 1 aliphatic heterocycles. The number of nitrogens with zero attached hydrogens (tertiary/aromatic N) is 2. The van der Waals surface area contributed by atoms with Crippen molar-refractivity contribution in [3.05, 3.63) is 24.3 Å². The maximum Gasteiger partial charge on any atom is 0.319 e. The van der Waals surface area contributed by atoms with Gasteiger partial charge in [0, 0.05) is 25.3 Å². The first-order valence-electron chi connectivity index (χ1n) is 9.30. The number of carbonyl (C=O) groups is 4. The summed E-state index contributed by atoms with van der Waals surface area (Å²) in [6, 6.07) is 4.81. The van der Waals surface area contributed by atoms with Gasteiger partial charge in [0.15, 0.2) is 0 Å². The maximum atomic E-state index is 13.0. The summed E-state index contributed by atoms with van der Waals surface area (Å²) in [7, 11) is 2.96. The number of carbonyl (C=O) groups excluding carboxylic acids is 4. The molecular weight excluding hydrogens is 410 g/mol. The molecular formula is C19H27N5O5S. The molecule has 11 heteroatoms. The zero-order valence-electron chi connectivity index (χ0n) is 17.2. The highest BCUT2D eigenvalue weighted by molar-refractivity contribution is 7.99. The number of hydrogen-bond acceptors (Lipinski definition) is 6. The Labute approximate surface area is 179 Å². The van der Waals surface area contributed by atoms with Crippen LogP contribution in [0, 0.1) is 0 Å². The fourth-order valence-electron chi connectivity index (χ4n) is 3.31. The van der Waals surface area contributed by atoms with Crippen LogP contribution in [0.25, 0.3) is 0 Å². The molecule has 0 radical (unpaired) electrons. The van der Waals surface area contributed by atoms with Crippen LogP contribution in [0.5, 0.6) is 5.75 Å². The molecule has 0 aromatic heterocycles. The van der Waals surface area contributed by atoms with Crippen LogP contribution in [-0.4, -0.2) is 84.9 Å². The number of likely N-dealkylation sites (N-methyl/N-ethyl adjacent to an activating group) is 1. The zero-order valence-corrected chi connectivity index (χ0v) is 18.0. The van der Waals surface area contributed by atoms with Crippen LogP contribution >= 0.6 is 11.8 Å². The highest BCUT2D eigenvalue weighted by Crippen LogP contribution is 2.22. The van der Waals surface area contributed by atoms with Gasteiger partial charge in [-0.3, -0.25) is 14.4 Å². The Morgan fingerprint density at radius 1 is 1.33 bits per heavy atom. The van der Waals surface area contributed by atoms with Gasteiger partial charge in [-0.15, -0.1) is 0 Å². The lowest BCUT2D eigenvalue weighted by Crippen LogP contribution is -2.56. The lowest BCUT2D eigenvalue weighted by atomic mass is 10.1. The third-order valence-corrected chi connectivity index (χ3v) is 5.19. The fourth-order valence-corrected chi connectivity index (χ4v) is 3.72. The zero-order chi connectivity index (χ0) is 22.3. The summed E-state index contributed by atoms with van der Waals surface area (Å²) >= 11 is 1.35. The van der Waals surface area contributed by atoms with E-state index in [4.69, 9.17) is 10.5 Å². The monoisotopic (exact) mass is 437 g/mol. The van der Waals surface area contributed by atoms with Crippen molar-refractivity contribution in [2.45, 2.75) is 18.5 Å². The van der Waals surface area contributed by atoms with Gasteiger partial charge >= 0.3 is 6.03 Å². The van der Waals surface area contributed by atoms with Crippen molar-refractivity contribution >= 4 is 41.2 Å². The molecule has 1 aromatic carbocycles. The average molecular weight is 438 g/mol. The Hall–Kier alpha value is -2.95. The summed E-state index contributed by atoms with van der Waals surface area (Å²) in [4.78, 5) is 51.8. The predicted molar refractivity (Wildman–Crippen MR) is 114 cm³/mol. The largest absolute Gasteiger partial charge is 0.497 e. The smallest absolute Gasteiger partial charge is 0.319 e. The van der Waals surface area contributed by atoms with Gasteiger partial charge in [0.1, 0.15) is 11.8 Å². The maximum absolute atomic E-state index is 13.0. The fraction of sp³-hybridized carbons (Fsp3) is 0.474. The standard InChI is InChI=1S/C19H27N5O5S/c1-23(10-15(20)25)18(27)17-14(7-8-24(17)16(26)11-30-3)22-19(28)21-12-5-4-6-13(9-12)29-2/h4-6,9,14,17H,7-8,10-11H2,1-3H3,(H2,20,25)(H2,21,22,28)/t14-,17+/m0/s1. The van der Waals surface area contributed by atoms with E-state index in [9.17, 15) is 19.2 Å². The molecule has 5 amide bonds. The van der Waals surface area contributed by atoms with E-state index in [1.807, 2.05) is 0 Å². The molecule has 1 aromatic rings. The van der Waals surface area contributed by atoms with Crippen LogP contribution in [0.3, 0.4) is 0 Å². The molecule has 2 atom stereocenters. The number of nitrogens with two attached hydrogens (primary N) is 1. The third-order valence-electron chi connectivity index (χ3n) is 4.65. The van der Waals surface area contributed by atoms with Gasteiger partial charge in [-0.2, -0.15) is 11.8 Å². The number of ether oxygens (including phenoxy) is 1. The van der Waals surface area contributed by atoms with Crippen LogP contribution in [0.4, 0.5) is 10.5 Å². The first-order valence-corrected chi connectivity index (χ1v) is 10.7. The highest BCUT2D eigenvalue weighted by Gasteiger charge is 2.43. The molecule has 30 heavy (non-hydrogen) atoms. The Kier molecular flexibility index (Phi) is 8.34. The number of hydrogen-bond donors (Lipinski definition) is 3. The lowest BCUT2D eigenvalue weighted by Gasteiger charge is -2.30. The van der Waals surface area contributed by atoms with Crippen LogP contribution in [0.15, 0.2) is 24.3 Å². The molecule has 0 spiro atoms. The van der Waals surface area contributed by atoms with E-state index in [1.54, 1.807) is 30.5 Å². The Bertz CT molecular complexity index is 805. The molecule has 1 saturated heterocycles. The van der Waals surface area contributed by atoms with E-state index in [0.29, 0.717) is 24.4 Å². The van der Waals surface area contributed by atoms with Crippen LogP contribution < -0.4 is 21.1 Å². The van der Waals surface area contributed by atoms with E-state index in [1.165, 1.54) is 35.7 Å². The van der Waals surface area contributed by atoms with Gasteiger partial charge in [-0.05, 0) is 24.8 Å². The highest BCUT2D eigenvalue weighted by atomic mass is 32.2. The first kappa shape index (κ1) is 23.3. The molecule has 10 nitrogen and oxygen atoms in total. The first-order chi connectivity index (χ1) is 14.3. The molecule has 4 N–H and O–H groups in total. The number of benzene rings is 1. The second-order valence-corrected chi connectivity index (χ2v) is 7.72. The second-order valence-electron chi connectivity index (χ2n) is 6.85. The quantitative estimate of drug-likeness (QED) is 0.528. The van der Waals surface area contributed by atoms with Gasteiger partial charge in [-0.1, -0.05) is 6.07 Å². The van der Waals surface area contributed by atoms with Gasteiger partial charge < -0.3 is 30.9 Å². The summed E-state index contributed by atoms with van der Waals surface area (Å²) in [5.41, 5.74) is 5.71. The van der Waals surface area contributed by atoms with Gasteiger partial charge in [0.2, 0.25) is 17.7 Å². The van der Waals surface area contributed by atoms with Crippen molar-refractivity contribution in [1.29, 1.82) is 0 Å². The molecule has 0 saturated carbocycles. The molecule has 2 rings (SSSR count). The number of anilines is 1. The van der Waals surface area contributed by atoms with Gasteiger partial charge in [0.25, 0.3) is 0 Å². The normalized spacial score (nSPS) is 17.9. The summed E-state index contributed by atoms with van der Waals surface area (Å²) in [5.74, 6) is -0.514. The van der Waals surface area contributed by atoms with E-state index < -0.39 is 29.9 Å². The van der Waals surface area contributed by atoms with E-state index >= 15 is 0 Å². The number of urea groups is 1. The Morgan fingerprint density at radius 3 is 2.70 bits per heavy atom. The topological polar surface area (TPSA) is 134 Å². The summed E-state index contributed by atoms with van der Waals surface area (Å²) in [6.07, 6.45) is 2.20. The number of methoxy groups -OCH3 is 1. The van der Waals surface area contributed by atoms with Crippen molar-refractivity contribution in [2.24, 2.45) is 5.73 Å². The van der Waals surface area contributed by atoms with Gasteiger partial charge in [-0.25, -0.2) is 4.79 Å². The average Bonchev–Trinajstić information content (AvgIpc) is 3.10. The number of nitrogens with one attached hydrogen (secondary N) is 2. The number of rotatable bonds is 8. The lowest BCUT2D eigenvalue weighted by molar-refractivity contribution is -0.143. The molecule has 1 heterocycles. The number of amides is 5. The van der Waals surface area contributed by atoms with Crippen LogP contribution in [-0.2, 0) is 14.4 Å². The van der Waals surface area contributed by atoms with Crippen molar-refractivity contribution in [3.63, 3.8) is 0 Å². The molecule has 0 bridgehead atoms. The van der Waals surface area contributed by atoms with Gasteiger partial charge in [0.05, 0.1) is 25.4 Å². The van der Waals surface area contributed by atoms with E-state index in [-0.39, 0.29) is 18.2 Å². The minimum Gasteiger partial charge on any atom is -0.497 e. The third kappa shape index (κ3) is 6.02.